The molecule has 3 heterocycles. The zero-order valence-corrected chi connectivity index (χ0v) is 14.8. The number of carbonyl (C=O) groups excluding carboxylic acids is 1. The quantitative estimate of drug-likeness (QED) is 0.766. The highest BCUT2D eigenvalue weighted by Gasteiger charge is 2.27. The van der Waals surface area contributed by atoms with Crippen molar-refractivity contribution in [3.63, 3.8) is 0 Å². The number of nitrogens with zero attached hydrogens (tertiary/aromatic N) is 3. The Morgan fingerprint density at radius 2 is 2.26 bits per heavy atom. The SMILES string of the molecule is Cc1cnn(-c2ccc(NC(=O)N3CCO[C@H](c4ccco4)C3)cc2F)c1. The first-order valence-electron chi connectivity index (χ1n) is 8.62. The van der Waals surface area contributed by atoms with Crippen molar-refractivity contribution in [1.29, 1.82) is 0 Å². The molecule has 2 aromatic heterocycles. The minimum Gasteiger partial charge on any atom is -0.467 e. The van der Waals surface area contributed by atoms with E-state index in [0.717, 1.165) is 5.56 Å². The number of furan rings is 1. The Labute approximate surface area is 155 Å². The van der Waals surface area contributed by atoms with Gasteiger partial charge in [0.15, 0.2) is 5.82 Å². The molecule has 1 fully saturated rings. The van der Waals surface area contributed by atoms with Gasteiger partial charge in [0, 0.05) is 18.4 Å². The predicted octanol–water partition coefficient (Wildman–Crippen LogP) is 3.52. The third-order valence-electron chi connectivity index (χ3n) is 4.37. The van der Waals surface area contributed by atoms with Crippen molar-refractivity contribution in [3.05, 3.63) is 66.1 Å². The van der Waals surface area contributed by atoms with Gasteiger partial charge < -0.3 is 19.4 Å². The first-order valence-corrected chi connectivity index (χ1v) is 8.62. The van der Waals surface area contributed by atoms with Crippen molar-refractivity contribution in [2.75, 3.05) is 25.0 Å². The molecular formula is C19H19FN4O3. The van der Waals surface area contributed by atoms with Crippen molar-refractivity contribution in [1.82, 2.24) is 14.7 Å². The summed E-state index contributed by atoms with van der Waals surface area (Å²) in [4.78, 5) is 14.2. The normalized spacial score (nSPS) is 17.1. The number of urea groups is 1. The number of nitrogens with one attached hydrogen (secondary N) is 1. The number of amides is 2. The Kier molecular flexibility index (Phi) is 4.64. The van der Waals surface area contributed by atoms with E-state index in [0.29, 0.717) is 36.8 Å². The maximum absolute atomic E-state index is 14.4. The van der Waals surface area contributed by atoms with Gasteiger partial charge in [0.1, 0.15) is 17.6 Å². The molecule has 140 valence electrons. The number of hydrogen-bond acceptors (Lipinski definition) is 4. The second-order valence-electron chi connectivity index (χ2n) is 6.38. The van der Waals surface area contributed by atoms with E-state index >= 15 is 0 Å². The molecule has 0 radical (unpaired) electrons. The number of hydrogen-bond donors (Lipinski definition) is 1. The van der Waals surface area contributed by atoms with Gasteiger partial charge in [-0.1, -0.05) is 0 Å². The molecule has 0 unspecified atom stereocenters. The maximum atomic E-state index is 14.4. The van der Waals surface area contributed by atoms with Crippen LogP contribution in [0.2, 0.25) is 0 Å². The lowest BCUT2D eigenvalue weighted by molar-refractivity contribution is -0.0242. The van der Waals surface area contributed by atoms with Crippen LogP contribution in [0.4, 0.5) is 14.9 Å². The molecule has 4 rings (SSSR count). The Hall–Kier alpha value is -3.13. The number of anilines is 1. The molecule has 1 aromatic carbocycles. The molecule has 1 saturated heterocycles. The number of benzene rings is 1. The average molecular weight is 370 g/mol. The van der Waals surface area contributed by atoms with Gasteiger partial charge in [-0.15, -0.1) is 0 Å². The molecule has 3 aromatic rings. The monoisotopic (exact) mass is 370 g/mol. The highest BCUT2D eigenvalue weighted by molar-refractivity contribution is 5.89. The molecule has 1 N–H and O–H groups in total. The lowest BCUT2D eigenvalue weighted by atomic mass is 10.2. The van der Waals surface area contributed by atoms with Gasteiger partial charge in [0.05, 0.1) is 25.6 Å². The molecule has 1 aliphatic rings. The van der Waals surface area contributed by atoms with Gasteiger partial charge in [-0.05, 0) is 42.8 Å². The summed E-state index contributed by atoms with van der Waals surface area (Å²) in [5, 5.41) is 6.84. The van der Waals surface area contributed by atoms with Gasteiger partial charge in [-0.2, -0.15) is 5.10 Å². The van der Waals surface area contributed by atoms with Crippen molar-refractivity contribution in [3.8, 4) is 5.69 Å². The number of rotatable bonds is 3. The molecular weight excluding hydrogens is 351 g/mol. The summed E-state index contributed by atoms with van der Waals surface area (Å²) in [5.74, 6) is 0.212. The number of ether oxygens (including phenoxy) is 1. The Morgan fingerprint density at radius 1 is 1.37 bits per heavy atom. The van der Waals surface area contributed by atoms with Crippen molar-refractivity contribution < 1.29 is 18.3 Å². The van der Waals surface area contributed by atoms with Crippen molar-refractivity contribution in [2.45, 2.75) is 13.0 Å². The minimum atomic E-state index is -0.466. The highest BCUT2D eigenvalue weighted by atomic mass is 19.1. The Balaban J connectivity index is 1.44. The molecule has 0 bridgehead atoms. The fourth-order valence-electron chi connectivity index (χ4n) is 3.00. The summed E-state index contributed by atoms with van der Waals surface area (Å²) in [6.45, 7) is 3.11. The molecule has 0 spiro atoms. The summed E-state index contributed by atoms with van der Waals surface area (Å²) in [6.07, 6.45) is 4.66. The second kappa shape index (κ2) is 7.24. The van der Waals surface area contributed by atoms with Crippen LogP contribution < -0.4 is 5.32 Å². The molecule has 27 heavy (non-hydrogen) atoms. The van der Waals surface area contributed by atoms with Gasteiger partial charge in [0.2, 0.25) is 0 Å². The first-order chi connectivity index (χ1) is 13.1. The number of aryl methyl sites for hydroxylation is 1. The molecule has 1 aliphatic heterocycles. The lowest BCUT2D eigenvalue weighted by Gasteiger charge is -2.32. The highest BCUT2D eigenvalue weighted by Crippen LogP contribution is 2.24. The smallest absolute Gasteiger partial charge is 0.322 e. The number of aromatic nitrogens is 2. The molecule has 0 saturated carbocycles. The number of morpholine rings is 1. The van der Waals surface area contributed by atoms with Crippen LogP contribution in [0.25, 0.3) is 5.69 Å². The average Bonchev–Trinajstić information content (AvgIpc) is 3.34. The van der Waals surface area contributed by atoms with Crippen LogP contribution >= 0.6 is 0 Å². The van der Waals surface area contributed by atoms with Gasteiger partial charge >= 0.3 is 6.03 Å². The largest absolute Gasteiger partial charge is 0.467 e. The van der Waals surface area contributed by atoms with Crippen LogP contribution in [0.3, 0.4) is 0 Å². The summed E-state index contributed by atoms with van der Waals surface area (Å²) < 4.78 is 26.9. The standard InChI is InChI=1S/C19H19FN4O3/c1-13-10-21-24(11-13)16-5-4-14(9-15(16)20)22-19(25)23-6-8-27-18(12-23)17-3-2-7-26-17/h2-5,7,9-11,18H,6,8,12H2,1H3,(H,22,25)/t18-/m0/s1. The van der Waals surface area contributed by atoms with Gasteiger partial charge in [0.25, 0.3) is 0 Å². The van der Waals surface area contributed by atoms with Crippen LogP contribution in [0.5, 0.6) is 0 Å². The molecule has 8 heteroatoms. The lowest BCUT2D eigenvalue weighted by Crippen LogP contribution is -2.44. The second-order valence-corrected chi connectivity index (χ2v) is 6.38. The van der Waals surface area contributed by atoms with Crippen LogP contribution in [0, 0.1) is 12.7 Å². The van der Waals surface area contributed by atoms with Crippen LogP contribution in [0.15, 0.2) is 53.4 Å². The minimum absolute atomic E-state index is 0.304. The predicted molar refractivity (Wildman–Crippen MR) is 96.3 cm³/mol. The van der Waals surface area contributed by atoms with Crippen LogP contribution in [-0.4, -0.2) is 40.4 Å². The van der Waals surface area contributed by atoms with E-state index in [9.17, 15) is 9.18 Å². The third kappa shape index (κ3) is 3.70. The zero-order chi connectivity index (χ0) is 18.8. The van der Waals surface area contributed by atoms with E-state index in [1.54, 1.807) is 41.8 Å². The van der Waals surface area contributed by atoms with E-state index in [1.807, 2.05) is 13.0 Å². The third-order valence-corrected chi connectivity index (χ3v) is 4.37. The molecule has 2 amide bonds. The Bertz CT molecular complexity index is 938. The van der Waals surface area contributed by atoms with Crippen molar-refractivity contribution >= 4 is 11.7 Å². The summed E-state index contributed by atoms with van der Waals surface area (Å²) in [7, 11) is 0. The zero-order valence-electron chi connectivity index (χ0n) is 14.8. The van der Waals surface area contributed by atoms with E-state index < -0.39 is 5.82 Å². The van der Waals surface area contributed by atoms with Gasteiger partial charge in [-0.25, -0.2) is 13.9 Å². The van der Waals surface area contributed by atoms with E-state index in [-0.39, 0.29) is 12.1 Å². The van der Waals surface area contributed by atoms with Crippen LogP contribution in [0.1, 0.15) is 17.4 Å². The molecule has 7 nitrogen and oxygen atoms in total. The fraction of sp³-hybridized carbons (Fsp3) is 0.263. The van der Waals surface area contributed by atoms with Crippen LogP contribution in [-0.2, 0) is 4.74 Å². The summed E-state index contributed by atoms with van der Waals surface area (Å²) in [6, 6.07) is 7.81. The van der Waals surface area contributed by atoms with E-state index in [4.69, 9.17) is 9.15 Å². The Morgan fingerprint density at radius 3 is 2.96 bits per heavy atom. The summed E-state index contributed by atoms with van der Waals surface area (Å²) in [5.41, 5.74) is 1.64. The fourth-order valence-corrected chi connectivity index (χ4v) is 3.00. The van der Waals surface area contributed by atoms with Gasteiger partial charge in [-0.3, -0.25) is 0 Å². The van der Waals surface area contributed by atoms with E-state index in [2.05, 4.69) is 10.4 Å². The molecule has 1 atom stereocenters. The van der Waals surface area contributed by atoms with E-state index in [1.165, 1.54) is 10.7 Å². The number of halogens is 1. The number of carbonyl (C=O) groups is 1. The first kappa shape index (κ1) is 17.3. The summed E-state index contributed by atoms with van der Waals surface area (Å²) >= 11 is 0. The topological polar surface area (TPSA) is 72.5 Å². The molecule has 0 aliphatic carbocycles. The maximum Gasteiger partial charge on any atom is 0.322 e. The van der Waals surface area contributed by atoms with Crippen molar-refractivity contribution in [2.24, 2.45) is 0 Å².